The zero-order valence-corrected chi connectivity index (χ0v) is 13.2. The summed E-state index contributed by atoms with van der Waals surface area (Å²) < 4.78 is 2.02. The van der Waals surface area contributed by atoms with Gasteiger partial charge < -0.3 is 0 Å². The van der Waals surface area contributed by atoms with Crippen LogP contribution in [-0.4, -0.2) is 24.5 Å². The molecule has 0 amide bonds. The molecular formula is C20H13N5. The van der Waals surface area contributed by atoms with E-state index in [4.69, 9.17) is 9.97 Å². The molecule has 5 rings (SSSR count). The summed E-state index contributed by atoms with van der Waals surface area (Å²) >= 11 is 0. The maximum Gasteiger partial charge on any atom is 0.162 e. The second-order valence-electron chi connectivity index (χ2n) is 5.73. The third-order valence-corrected chi connectivity index (χ3v) is 4.20. The number of nitrogens with zero attached hydrogens (tertiary/aromatic N) is 5. The first-order valence-electron chi connectivity index (χ1n) is 8.00. The lowest BCUT2D eigenvalue weighted by Gasteiger charge is -2.10. The summed E-state index contributed by atoms with van der Waals surface area (Å²) in [4.78, 5) is 18.1. The molecule has 0 bridgehead atoms. The number of benzene rings is 2. The van der Waals surface area contributed by atoms with Crippen LogP contribution < -0.4 is 0 Å². The average Bonchev–Trinajstić information content (AvgIpc) is 3.12. The first kappa shape index (κ1) is 13.8. The molecule has 5 heteroatoms. The zero-order chi connectivity index (χ0) is 16.6. The Morgan fingerprint density at radius 2 is 1.48 bits per heavy atom. The predicted octanol–water partition coefficient (Wildman–Crippen LogP) is 4.03. The summed E-state index contributed by atoms with van der Waals surface area (Å²) in [5, 5.41) is 0.989. The Morgan fingerprint density at radius 1 is 0.720 bits per heavy atom. The molecule has 5 aromatic rings. The van der Waals surface area contributed by atoms with Gasteiger partial charge in [-0.25, -0.2) is 15.0 Å². The van der Waals surface area contributed by atoms with Crippen molar-refractivity contribution in [3.63, 3.8) is 0 Å². The highest BCUT2D eigenvalue weighted by molar-refractivity contribution is 5.89. The van der Waals surface area contributed by atoms with Crippen molar-refractivity contribution in [3.05, 3.63) is 79.4 Å². The van der Waals surface area contributed by atoms with Crippen molar-refractivity contribution in [2.24, 2.45) is 0 Å². The largest absolute Gasteiger partial charge is 0.282 e. The van der Waals surface area contributed by atoms with Crippen LogP contribution in [0.15, 0.2) is 79.4 Å². The fraction of sp³-hybridized carbons (Fsp3) is 0. The smallest absolute Gasteiger partial charge is 0.162 e. The van der Waals surface area contributed by atoms with Crippen molar-refractivity contribution in [1.82, 2.24) is 24.5 Å². The Labute approximate surface area is 143 Å². The van der Waals surface area contributed by atoms with Gasteiger partial charge in [0.15, 0.2) is 5.82 Å². The summed E-state index contributed by atoms with van der Waals surface area (Å²) in [6.45, 7) is 0. The average molecular weight is 323 g/mol. The summed E-state index contributed by atoms with van der Waals surface area (Å²) in [6.07, 6.45) is 5.32. The van der Waals surface area contributed by atoms with Crippen molar-refractivity contribution in [2.75, 3.05) is 0 Å². The Hall–Kier alpha value is -3.60. The Kier molecular flexibility index (Phi) is 3.03. The number of hydrogen-bond acceptors (Lipinski definition) is 4. The van der Waals surface area contributed by atoms with E-state index in [9.17, 15) is 0 Å². The minimum atomic E-state index is 0.675. The van der Waals surface area contributed by atoms with E-state index >= 15 is 0 Å². The van der Waals surface area contributed by atoms with Gasteiger partial charge in [0.25, 0.3) is 0 Å². The predicted molar refractivity (Wildman–Crippen MR) is 97.4 cm³/mol. The van der Waals surface area contributed by atoms with Crippen LogP contribution in [0.2, 0.25) is 0 Å². The maximum absolute atomic E-state index is 4.85. The molecule has 118 valence electrons. The Bertz CT molecular complexity index is 1190. The molecule has 2 aromatic carbocycles. The van der Waals surface area contributed by atoms with E-state index in [1.165, 1.54) is 0 Å². The van der Waals surface area contributed by atoms with Crippen molar-refractivity contribution >= 4 is 21.9 Å². The molecule has 0 atom stereocenters. The van der Waals surface area contributed by atoms with Crippen LogP contribution in [0, 0.1) is 0 Å². The van der Waals surface area contributed by atoms with Gasteiger partial charge in [0, 0.05) is 23.3 Å². The molecule has 3 aromatic heterocycles. The van der Waals surface area contributed by atoms with E-state index in [0.29, 0.717) is 5.82 Å². The van der Waals surface area contributed by atoms with Crippen molar-refractivity contribution in [2.45, 2.75) is 0 Å². The second-order valence-corrected chi connectivity index (χ2v) is 5.73. The molecule has 0 saturated heterocycles. The lowest BCUT2D eigenvalue weighted by Crippen LogP contribution is -2.01. The van der Waals surface area contributed by atoms with E-state index in [0.717, 1.165) is 33.3 Å². The number of rotatable bonds is 2. The summed E-state index contributed by atoms with van der Waals surface area (Å²) in [5.74, 6) is 1.50. The fourth-order valence-electron chi connectivity index (χ4n) is 3.00. The van der Waals surface area contributed by atoms with Gasteiger partial charge in [-0.05, 0) is 36.4 Å². The third kappa shape index (κ3) is 2.25. The van der Waals surface area contributed by atoms with E-state index in [1.807, 2.05) is 71.6 Å². The number of para-hydroxylation sites is 3. The van der Waals surface area contributed by atoms with E-state index < -0.39 is 0 Å². The molecule has 3 heterocycles. The highest BCUT2D eigenvalue weighted by atomic mass is 15.1. The van der Waals surface area contributed by atoms with Crippen LogP contribution in [0.1, 0.15) is 0 Å². The van der Waals surface area contributed by atoms with Crippen molar-refractivity contribution in [1.29, 1.82) is 0 Å². The monoisotopic (exact) mass is 323 g/mol. The van der Waals surface area contributed by atoms with Crippen LogP contribution in [0.25, 0.3) is 39.1 Å². The normalized spacial score (nSPS) is 11.2. The lowest BCUT2D eigenvalue weighted by atomic mass is 10.2. The number of hydrogen-bond donors (Lipinski definition) is 0. The fourth-order valence-corrected chi connectivity index (χ4v) is 3.00. The van der Waals surface area contributed by atoms with E-state index in [2.05, 4.69) is 9.97 Å². The molecule has 0 aliphatic rings. The molecule has 5 nitrogen and oxygen atoms in total. The minimum absolute atomic E-state index is 0.675. The SMILES string of the molecule is c1ccc2c(-n3cnc4ccccc43)nc(-c3ccncc3)nc2c1. The molecule has 0 saturated carbocycles. The van der Waals surface area contributed by atoms with Gasteiger partial charge in [0.05, 0.1) is 16.6 Å². The van der Waals surface area contributed by atoms with Crippen LogP contribution >= 0.6 is 0 Å². The van der Waals surface area contributed by atoms with Gasteiger partial charge >= 0.3 is 0 Å². The van der Waals surface area contributed by atoms with Crippen molar-refractivity contribution in [3.8, 4) is 17.2 Å². The van der Waals surface area contributed by atoms with Crippen LogP contribution in [-0.2, 0) is 0 Å². The first-order chi connectivity index (χ1) is 12.4. The first-order valence-corrected chi connectivity index (χ1v) is 8.00. The molecule has 0 N–H and O–H groups in total. The minimum Gasteiger partial charge on any atom is -0.282 e. The second kappa shape index (κ2) is 5.49. The van der Waals surface area contributed by atoms with Gasteiger partial charge in [-0.15, -0.1) is 0 Å². The highest BCUT2D eigenvalue weighted by Gasteiger charge is 2.13. The molecule has 0 aliphatic carbocycles. The van der Waals surface area contributed by atoms with Crippen molar-refractivity contribution < 1.29 is 0 Å². The number of fused-ring (bicyclic) bond motifs is 2. The third-order valence-electron chi connectivity index (χ3n) is 4.20. The molecule has 0 unspecified atom stereocenters. The van der Waals surface area contributed by atoms with Gasteiger partial charge in [-0.2, -0.15) is 0 Å². The molecule has 0 fully saturated rings. The van der Waals surface area contributed by atoms with Gasteiger partial charge in [-0.3, -0.25) is 9.55 Å². The molecule has 0 spiro atoms. The Balaban J connectivity index is 1.85. The molecular weight excluding hydrogens is 310 g/mol. The highest BCUT2D eigenvalue weighted by Crippen LogP contribution is 2.26. The standard InChI is InChI=1S/C20H13N5/c1-2-6-16-15(5-1)20(24-19(23-16)14-9-11-21-12-10-14)25-13-22-17-7-3-4-8-18(17)25/h1-13H. The van der Waals surface area contributed by atoms with Gasteiger partial charge in [-0.1, -0.05) is 24.3 Å². The van der Waals surface area contributed by atoms with Gasteiger partial charge in [0.1, 0.15) is 12.1 Å². The quantitative estimate of drug-likeness (QED) is 0.492. The maximum atomic E-state index is 4.85. The summed E-state index contributed by atoms with van der Waals surface area (Å²) in [6, 6.07) is 19.9. The Morgan fingerprint density at radius 3 is 2.36 bits per heavy atom. The van der Waals surface area contributed by atoms with Crippen LogP contribution in [0.4, 0.5) is 0 Å². The van der Waals surface area contributed by atoms with Crippen LogP contribution in [0.3, 0.4) is 0 Å². The summed E-state index contributed by atoms with van der Waals surface area (Å²) in [5.41, 5.74) is 3.80. The molecule has 0 radical (unpaired) electrons. The van der Waals surface area contributed by atoms with Gasteiger partial charge in [0.2, 0.25) is 0 Å². The molecule has 25 heavy (non-hydrogen) atoms. The lowest BCUT2D eigenvalue weighted by molar-refractivity contribution is 1.02. The summed E-state index contributed by atoms with van der Waals surface area (Å²) in [7, 11) is 0. The molecule has 0 aliphatic heterocycles. The van der Waals surface area contributed by atoms with E-state index in [-0.39, 0.29) is 0 Å². The number of aromatic nitrogens is 5. The van der Waals surface area contributed by atoms with E-state index in [1.54, 1.807) is 12.4 Å². The van der Waals surface area contributed by atoms with Crippen LogP contribution in [0.5, 0.6) is 0 Å². The zero-order valence-electron chi connectivity index (χ0n) is 13.2. The number of pyridine rings is 1. The number of imidazole rings is 1. The topological polar surface area (TPSA) is 56.5 Å².